The summed E-state index contributed by atoms with van der Waals surface area (Å²) in [6, 6.07) is 3.40. The smallest absolute Gasteiger partial charge is 0.223 e. The van der Waals surface area contributed by atoms with Gasteiger partial charge in [0.1, 0.15) is 0 Å². The number of carbonyl (C=O) groups excluding carboxylic acids is 2. The van der Waals surface area contributed by atoms with E-state index in [1.54, 1.807) is 17.0 Å². The van der Waals surface area contributed by atoms with Crippen molar-refractivity contribution < 1.29 is 24.2 Å². The third kappa shape index (κ3) is 3.24. The lowest BCUT2D eigenvalue weighted by Crippen LogP contribution is -2.30. The number of phenols is 1. The van der Waals surface area contributed by atoms with Crippen LogP contribution in [0.2, 0.25) is 0 Å². The number of hydrogen-bond donors (Lipinski definition) is 2. The maximum Gasteiger partial charge on any atom is 0.223 e. The van der Waals surface area contributed by atoms with Crippen molar-refractivity contribution in [3.63, 3.8) is 0 Å². The first kappa shape index (κ1) is 15.9. The van der Waals surface area contributed by atoms with Gasteiger partial charge < -0.3 is 25.2 Å². The zero-order valence-electron chi connectivity index (χ0n) is 12.7. The number of carbonyl (C=O) groups is 2. The summed E-state index contributed by atoms with van der Waals surface area (Å²) in [4.78, 5) is 24.6. The lowest BCUT2D eigenvalue weighted by atomic mass is 10.1. The molecule has 0 aromatic heterocycles. The first-order chi connectivity index (χ1) is 10.5. The van der Waals surface area contributed by atoms with E-state index in [2.05, 4.69) is 0 Å². The van der Waals surface area contributed by atoms with Crippen molar-refractivity contribution in [1.82, 2.24) is 4.90 Å². The van der Waals surface area contributed by atoms with Gasteiger partial charge in [-0.2, -0.15) is 0 Å². The van der Waals surface area contributed by atoms with Gasteiger partial charge in [-0.1, -0.05) is 0 Å². The third-order valence-electron chi connectivity index (χ3n) is 3.83. The van der Waals surface area contributed by atoms with Crippen molar-refractivity contribution in [2.75, 3.05) is 27.3 Å². The van der Waals surface area contributed by atoms with E-state index in [4.69, 9.17) is 15.2 Å². The Kier molecular flexibility index (Phi) is 4.75. The number of benzene rings is 1. The van der Waals surface area contributed by atoms with Gasteiger partial charge in [-0.25, -0.2) is 0 Å². The molecule has 1 aliphatic rings. The summed E-state index contributed by atoms with van der Waals surface area (Å²) in [5, 5.41) is 9.86. The highest BCUT2D eigenvalue weighted by Crippen LogP contribution is 2.37. The second kappa shape index (κ2) is 6.55. The summed E-state index contributed by atoms with van der Waals surface area (Å²) in [7, 11) is 2.92. The van der Waals surface area contributed by atoms with Crippen molar-refractivity contribution >= 4 is 11.8 Å². The fraction of sp³-hybridized carbons (Fsp3) is 0.467. The number of nitrogens with two attached hydrogens (primary N) is 1. The van der Waals surface area contributed by atoms with Crippen molar-refractivity contribution in [2.24, 2.45) is 11.7 Å². The Balaban J connectivity index is 2.06. The number of primary amides is 1. The number of nitrogens with zero attached hydrogens (tertiary/aromatic N) is 1. The zero-order valence-corrected chi connectivity index (χ0v) is 12.7. The van der Waals surface area contributed by atoms with Crippen LogP contribution in [0.25, 0.3) is 0 Å². The van der Waals surface area contributed by atoms with E-state index in [1.807, 2.05) is 0 Å². The molecule has 1 aliphatic heterocycles. The number of hydrogen-bond acceptors (Lipinski definition) is 5. The van der Waals surface area contributed by atoms with Gasteiger partial charge in [0.05, 0.1) is 20.1 Å². The quantitative estimate of drug-likeness (QED) is 0.786. The number of amides is 2. The van der Waals surface area contributed by atoms with E-state index in [-0.39, 0.29) is 18.1 Å². The van der Waals surface area contributed by atoms with Gasteiger partial charge in [0.2, 0.25) is 17.6 Å². The van der Waals surface area contributed by atoms with Crippen LogP contribution in [0.5, 0.6) is 17.2 Å². The van der Waals surface area contributed by atoms with Crippen LogP contribution in [-0.4, -0.2) is 49.1 Å². The maximum absolute atomic E-state index is 11.8. The fourth-order valence-corrected chi connectivity index (χ4v) is 2.54. The molecule has 7 heteroatoms. The summed E-state index contributed by atoms with van der Waals surface area (Å²) < 4.78 is 10.2. The van der Waals surface area contributed by atoms with Crippen LogP contribution in [0.4, 0.5) is 0 Å². The van der Waals surface area contributed by atoms with Crippen LogP contribution < -0.4 is 15.2 Å². The largest absolute Gasteiger partial charge is 0.502 e. The topological polar surface area (TPSA) is 102 Å². The molecular formula is C15H20N2O5. The molecule has 0 spiro atoms. The highest BCUT2D eigenvalue weighted by atomic mass is 16.5. The Morgan fingerprint density at radius 3 is 2.41 bits per heavy atom. The number of ether oxygens (including phenoxy) is 2. The number of rotatable bonds is 6. The summed E-state index contributed by atoms with van der Waals surface area (Å²) in [5.41, 5.74) is 6.11. The minimum absolute atomic E-state index is 0.0557. The molecule has 0 bridgehead atoms. The zero-order chi connectivity index (χ0) is 16.3. The maximum atomic E-state index is 11.8. The molecule has 1 fully saturated rings. The van der Waals surface area contributed by atoms with Gasteiger partial charge >= 0.3 is 0 Å². The Labute approximate surface area is 128 Å². The number of likely N-dealkylation sites (tertiary alicyclic amines) is 1. The Morgan fingerprint density at radius 2 is 1.95 bits per heavy atom. The predicted molar refractivity (Wildman–Crippen MR) is 78.8 cm³/mol. The van der Waals surface area contributed by atoms with Crippen LogP contribution in [0.3, 0.4) is 0 Å². The molecule has 3 N–H and O–H groups in total. The highest BCUT2D eigenvalue weighted by Gasteiger charge is 2.32. The van der Waals surface area contributed by atoms with Gasteiger partial charge in [0, 0.05) is 19.5 Å². The van der Waals surface area contributed by atoms with Crippen LogP contribution in [0, 0.1) is 5.92 Å². The van der Waals surface area contributed by atoms with E-state index in [1.165, 1.54) is 14.2 Å². The molecule has 22 heavy (non-hydrogen) atoms. The molecule has 1 heterocycles. The van der Waals surface area contributed by atoms with Gasteiger partial charge in [0.15, 0.2) is 11.5 Å². The molecule has 2 rings (SSSR count). The first-order valence-corrected chi connectivity index (χ1v) is 6.97. The van der Waals surface area contributed by atoms with Gasteiger partial charge in [-0.15, -0.1) is 0 Å². The Morgan fingerprint density at radius 1 is 1.36 bits per heavy atom. The summed E-state index contributed by atoms with van der Waals surface area (Å²) in [6.45, 7) is 0.834. The molecule has 1 unspecified atom stereocenters. The molecule has 1 atom stereocenters. The summed E-state index contributed by atoms with van der Waals surface area (Å²) in [6.07, 6.45) is 0.738. The Bertz CT molecular complexity index is 562. The molecule has 1 aromatic carbocycles. The van der Waals surface area contributed by atoms with E-state index in [9.17, 15) is 14.7 Å². The lowest BCUT2D eigenvalue weighted by molar-refractivity contribution is -0.128. The third-order valence-corrected chi connectivity index (χ3v) is 3.83. The van der Waals surface area contributed by atoms with Gasteiger partial charge in [-0.3, -0.25) is 9.59 Å². The van der Waals surface area contributed by atoms with Crippen LogP contribution in [-0.2, 0) is 16.0 Å². The lowest BCUT2D eigenvalue weighted by Gasteiger charge is -2.17. The van der Waals surface area contributed by atoms with Crippen molar-refractivity contribution in [1.29, 1.82) is 0 Å². The monoisotopic (exact) mass is 308 g/mol. The normalized spacial score (nSPS) is 17.6. The average Bonchev–Trinajstić information content (AvgIpc) is 2.87. The molecule has 0 aliphatic carbocycles. The molecule has 0 saturated carbocycles. The molecule has 0 radical (unpaired) electrons. The van der Waals surface area contributed by atoms with Gasteiger partial charge in [0.25, 0.3) is 0 Å². The standard InChI is InChI=1S/C15H20N2O5/c1-21-11-5-9(6-12(22-2)14(11)19)3-4-17-8-10(15(16)20)7-13(17)18/h5-6,10,19H,3-4,7-8H2,1-2H3,(H2,16,20). The van der Waals surface area contributed by atoms with E-state index < -0.39 is 11.8 Å². The van der Waals surface area contributed by atoms with Crippen LogP contribution in [0.1, 0.15) is 12.0 Å². The summed E-state index contributed by atoms with van der Waals surface area (Å²) >= 11 is 0. The number of aromatic hydroxyl groups is 1. The molecule has 1 saturated heterocycles. The minimum Gasteiger partial charge on any atom is -0.502 e. The molecule has 7 nitrogen and oxygen atoms in total. The molecular weight excluding hydrogens is 288 g/mol. The highest BCUT2D eigenvalue weighted by molar-refractivity contribution is 5.88. The molecule has 2 amide bonds. The van der Waals surface area contributed by atoms with Gasteiger partial charge in [-0.05, 0) is 24.1 Å². The Hall–Kier alpha value is -2.44. The van der Waals surface area contributed by atoms with Crippen molar-refractivity contribution in [3.8, 4) is 17.2 Å². The molecule has 120 valence electrons. The van der Waals surface area contributed by atoms with Crippen molar-refractivity contribution in [2.45, 2.75) is 12.8 Å². The second-order valence-corrected chi connectivity index (χ2v) is 5.24. The number of methoxy groups -OCH3 is 2. The second-order valence-electron chi connectivity index (χ2n) is 5.24. The molecule has 1 aromatic rings. The average molecular weight is 308 g/mol. The first-order valence-electron chi connectivity index (χ1n) is 6.97. The van der Waals surface area contributed by atoms with E-state index >= 15 is 0 Å². The van der Waals surface area contributed by atoms with Crippen molar-refractivity contribution in [3.05, 3.63) is 17.7 Å². The van der Waals surface area contributed by atoms with Crippen LogP contribution in [0.15, 0.2) is 12.1 Å². The SMILES string of the molecule is COc1cc(CCN2CC(C(N)=O)CC2=O)cc(OC)c1O. The fourth-order valence-electron chi connectivity index (χ4n) is 2.54. The predicted octanol–water partition coefficient (Wildman–Crippen LogP) is 0.286. The van der Waals surface area contributed by atoms with Crippen LogP contribution >= 0.6 is 0 Å². The van der Waals surface area contributed by atoms with E-state index in [0.29, 0.717) is 31.0 Å². The number of phenolic OH excluding ortho intramolecular Hbond substituents is 1. The summed E-state index contributed by atoms with van der Waals surface area (Å²) in [5.74, 6) is -0.337. The minimum atomic E-state index is -0.441. The van der Waals surface area contributed by atoms with E-state index in [0.717, 1.165) is 5.56 Å².